The zero-order valence-electron chi connectivity index (χ0n) is 25.9. The molecule has 4 aliphatic rings. The Labute approximate surface area is 248 Å². The molecule has 6 heteroatoms. The molecule has 0 saturated carbocycles. The second-order valence-corrected chi connectivity index (χ2v) is 12.2. The summed E-state index contributed by atoms with van der Waals surface area (Å²) < 4.78 is 0. The van der Waals surface area contributed by atoms with Gasteiger partial charge in [-0.2, -0.15) is 0 Å². The summed E-state index contributed by atoms with van der Waals surface area (Å²) in [5, 5.41) is 7.56. The number of fused-ring (bicyclic) bond motifs is 1. The molecule has 0 amide bonds. The smallest absolute Gasteiger partial charge is 0.0721 e. The highest BCUT2D eigenvalue weighted by Crippen LogP contribution is 2.44. The fourth-order valence-electron chi connectivity index (χ4n) is 7.02. The van der Waals surface area contributed by atoms with Crippen LogP contribution >= 0.6 is 0 Å². The maximum Gasteiger partial charge on any atom is 0.0721 e. The van der Waals surface area contributed by atoms with Crippen molar-refractivity contribution in [2.75, 3.05) is 62.6 Å². The van der Waals surface area contributed by atoms with Gasteiger partial charge in [0.15, 0.2) is 0 Å². The first kappa shape index (κ1) is 29.5. The first-order valence-corrected chi connectivity index (χ1v) is 16.1. The van der Waals surface area contributed by atoms with Gasteiger partial charge in [-0.05, 0) is 74.6 Å². The van der Waals surface area contributed by atoms with Gasteiger partial charge in [-0.1, -0.05) is 51.6 Å². The molecule has 6 rings (SSSR count). The Bertz CT molecular complexity index is 1200. The second-order valence-electron chi connectivity index (χ2n) is 12.2. The van der Waals surface area contributed by atoms with Crippen molar-refractivity contribution in [3.63, 3.8) is 0 Å². The summed E-state index contributed by atoms with van der Waals surface area (Å²) in [6, 6.07) is 16.4. The minimum Gasteiger partial charge on any atom is -0.374 e. The quantitative estimate of drug-likeness (QED) is 0.416. The molecule has 3 saturated heterocycles. The Kier molecular flexibility index (Phi) is 9.30. The van der Waals surface area contributed by atoms with Gasteiger partial charge < -0.3 is 31.1 Å². The molecule has 4 aliphatic heterocycles. The Hall–Kier alpha value is -2.96. The van der Waals surface area contributed by atoms with Crippen LogP contribution in [0.4, 0.5) is 11.4 Å². The van der Waals surface area contributed by atoms with Gasteiger partial charge in [0.2, 0.25) is 0 Å². The van der Waals surface area contributed by atoms with E-state index in [4.69, 9.17) is 5.73 Å². The lowest BCUT2D eigenvalue weighted by molar-refractivity contribution is 0.221. The van der Waals surface area contributed by atoms with E-state index in [1.54, 1.807) is 0 Å². The number of piperazine rings is 1. The predicted octanol–water partition coefficient (Wildman–Crippen LogP) is 5.84. The van der Waals surface area contributed by atoms with Crippen LogP contribution in [0.15, 0.2) is 60.8 Å². The van der Waals surface area contributed by atoms with E-state index in [-0.39, 0.29) is 12.1 Å². The second kappa shape index (κ2) is 12.9. The van der Waals surface area contributed by atoms with Crippen molar-refractivity contribution in [1.82, 2.24) is 15.1 Å². The number of nitrogens with zero attached hydrogens (tertiary/aromatic N) is 3. The Morgan fingerprint density at radius 3 is 2.44 bits per heavy atom. The molecular weight excluding hydrogens is 504 g/mol. The number of hydrogen-bond acceptors (Lipinski definition) is 6. The highest BCUT2D eigenvalue weighted by atomic mass is 15.3. The van der Waals surface area contributed by atoms with Gasteiger partial charge in [0, 0.05) is 85.6 Å². The molecule has 0 radical (unpaired) electrons. The van der Waals surface area contributed by atoms with Crippen LogP contribution in [-0.2, 0) is 6.42 Å². The van der Waals surface area contributed by atoms with Gasteiger partial charge in [0.1, 0.15) is 0 Å². The SMILES string of the molecule is C=C(C(C)N)N1CCN(c2ccc(C3C=C(N4CCC5(CCCNC5)C4)c4ccc(CC)cc4N3)cc2)CC1.CC. The number of nitrogens with two attached hydrogens (primary N) is 1. The number of benzene rings is 2. The molecular formula is C35H52N6. The molecule has 3 unspecified atom stereocenters. The number of piperidine rings is 1. The maximum absolute atomic E-state index is 6.06. The monoisotopic (exact) mass is 556 g/mol. The van der Waals surface area contributed by atoms with Crippen LogP contribution in [0.3, 0.4) is 0 Å². The van der Waals surface area contributed by atoms with E-state index < -0.39 is 0 Å². The summed E-state index contributed by atoms with van der Waals surface area (Å²) >= 11 is 0. The largest absolute Gasteiger partial charge is 0.374 e. The molecule has 41 heavy (non-hydrogen) atoms. The van der Waals surface area contributed by atoms with Crippen molar-refractivity contribution < 1.29 is 0 Å². The number of anilines is 2. The van der Waals surface area contributed by atoms with Crippen LogP contribution in [0.1, 0.15) is 69.7 Å². The van der Waals surface area contributed by atoms with E-state index in [2.05, 4.69) is 87.4 Å². The van der Waals surface area contributed by atoms with Crippen molar-refractivity contribution in [1.29, 1.82) is 0 Å². The minimum atomic E-state index is 0.0146. The van der Waals surface area contributed by atoms with E-state index in [0.29, 0.717) is 5.41 Å². The standard InChI is InChI=1S/C33H46N6.C2H6/c1-4-26-6-11-29-31(20-26)36-30(21-32(29)39-15-13-33(23-39)12-5-14-35-22-33)27-7-9-28(10-8-27)38-18-16-37(17-19-38)25(3)24(2)34;1-2/h6-11,20-21,24,30,35-36H,3-5,12-19,22-23,34H2,1-2H3;1-2H3. The summed E-state index contributed by atoms with van der Waals surface area (Å²) in [7, 11) is 0. The number of rotatable bonds is 6. The highest BCUT2D eigenvalue weighted by Gasteiger charge is 2.40. The average Bonchev–Trinajstić information content (AvgIpc) is 3.43. The average molecular weight is 557 g/mol. The third-order valence-electron chi connectivity index (χ3n) is 9.57. The molecule has 6 nitrogen and oxygen atoms in total. The summed E-state index contributed by atoms with van der Waals surface area (Å²) in [6.45, 7) is 21.0. The predicted molar refractivity (Wildman–Crippen MR) is 175 cm³/mol. The first-order valence-electron chi connectivity index (χ1n) is 16.1. The number of hydrogen-bond donors (Lipinski definition) is 3. The zero-order valence-corrected chi connectivity index (χ0v) is 25.9. The molecule has 3 atom stereocenters. The molecule has 0 bridgehead atoms. The van der Waals surface area contributed by atoms with Gasteiger partial charge in [0.05, 0.1) is 6.04 Å². The van der Waals surface area contributed by atoms with Crippen molar-refractivity contribution in [3.8, 4) is 0 Å². The van der Waals surface area contributed by atoms with Crippen molar-refractivity contribution in [3.05, 3.63) is 77.5 Å². The van der Waals surface area contributed by atoms with Crippen LogP contribution in [-0.4, -0.2) is 68.2 Å². The third kappa shape index (κ3) is 6.29. The van der Waals surface area contributed by atoms with Crippen LogP contribution in [0, 0.1) is 5.41 Å². The molecule has 4 heterocycles. The van der Waals surface area contributed by atoms with Gasteiger partial charge >= 0.3 is 0 Å². The van der Waals surface area contributed by atoms with Crippen LogP contribution < -0.4 is 21.3 Å². The zero-order chi connectivity index (χ0) is 29.0. The number of likely N-dealkylation sites (tertiary alicyclic amines) is 1. The molecule has 3 fully saturated rings. The molecule has 2 aromatic carbocycles. The minimum absolute atomic E-state index is 0.0146. The Morgan fingerprint density at radius 2 is 1.78 bits per heavy atom. The van der Waals surface area contributed by atoms with E-state index in [1.807, 2.05) is 20.8 Å². The molecule has 4 N–H and O–H groups in total. The number of aryl methyl sites for hydroxylation is 1. The van der Waals surface area contributed by atoms with E-state index in [1.165, 1.54) is 59.6 Å². The fourth-order valence-corrected chi connectivity index (χ4v) is 7.02. The molecule has 2 aromatic rings. The fraction of sp³-hybridized carbons (Fsp3) is 0.543. The Balaban J connectivity index is 0.00000165. The van der Waals surface area contributed by atoms with Gasteiger partial charge in [-0.25, -0.2) is 0 Å². The van der Waals surface area contributed by atoms with E-state index >= 15 is 0 Å². The van der Waals surface area contributed by atoms with Crippen LogP contribution in [0.5, 0.6) is 0 Å². The lowest BCUT2D eigenvalue weighted by Crippen LogP contribution is -2.48. The van der Waals surface area contributed by atoms with Crippen LogP contribution in [0.25, 0.3) is 5.70 Å². The topological polar surface area (TPSA) is 59.8 Å². The lowest BCUT2D eigenvalue weighted by Gasteiger charge is -2.39. The van der Waals surface area contributed by atoms with Crippen molar-refractivity contribution in [2.24, 2.45) is 11.1 Å². The summed E-state index contributed by atoms with van der Waals surface area (Å²) in [6.07, 6.45) is 7.47. The summed E-state index contributed by atoms with van der Waals surface area (Å²) in [4.78, 5) is 7.49. The third-order valence-corrected chi connectivity index (χ3v) is 9.57. The lowest BCUT2D eigenvalue weighted by atomic mass is 9.80. The van der Waals surface area contributed by atoms with Crippen molar-refractivity contribution >= 4 is 17.1 Å². The normalized spacial score (nSPS) is 24.7. The molecule has 222 valence electrons. The number of nitrogens with one attached hydrogen (secondary N) is 2. The summed E-state index contributed by atoms with van der Waals surface area (Å²) in [5.41, 5.74) is 15.6. The maximum atomic E-state index is 6.06. The Morgan fingerprint density at radius 1 is 1.02 bits per heavy atom. The summed E-state index contributed by atoms with van der Waals surface area (Å²) in [5.74, 6) is 0. The van der Waals surface area contributed by atoms with Gasteiger partial charge in [-0.3, -0.25) is 0 Å². The van der Waals surface area contributed by atoms with Gasteiger partial charge in [0.25, 0.3) is 0 Å². The molecule has 0 aliphatic carbocycles. The highest BCUT2D eigenvalue weighted by molar-refractivity contribution is 5.80. The van der Waals surface area contributed by atoms with Crippen LogP contribution in [0.2, 0.25) is 0 Å². The van der Waals surface area contributed by atoms with Crippen molar-refractivity contribution in [2.45, 2.75) is 65.5 Å². The van der Waals surface area contributed by atoms with E-state index in [0.717, 1.165) is 57.9 Å². The first-order chi connectivity index (χ1) is 19.9. The molecule has 0 aromatic heterocycles. The molecule has 1 spiro atoms. The van der Waals surface area contributed by atoms with E-state index in [9.17, 15) is 0 Å². The van der Waals surface area contributed by atoms with Gasteiger partial charge in [-0.15, -0.1) is 0 Å².